The Morgan fingerprint density at radius 2 is 1.65 bits per heavy atom. The third-order valence-corrected chi connectivity index (χ3v) is 5.95. The number of nitrogens with one attached hydrogen (secondary N) is 2. The number of methoxy groups -OCH3 is 1. The predicted molar refractivity (Wildman–Crippen MR) is 113 cm³/mol. The van der Waals surface area contributed by atoms with Crippen LogP contribution >= 0.6 is 0 Å². The van der Waals surface area contributed by atoms with E-state index < -0.39 is 33.3 Å². The minimum Gasteiger partial charge on any atom is -0.495 e. The van der Waals surface area contributed by atoms with Gasteiger partial charge in [-0.2, -0.15) is 0 Å². The molecule has 0 fully saturated rings. The van der Waals surface area contributed by atoms with Gasteiger partial charge in [0.1, 0.15) is 28.0 Å². The molecule has 3 aromatic carbocycles. The van der Waals surface area contributed by atoms with Crippen LogP contribution in [0, 0.1) is 11.6 Å². The summed E-state index contributed by atoms with van der Waals surface area (Å²) in [5.74, 6) is -2.73. The summed E-state index contributed by atoms with van der Waals surface area (Å²) in [4.78, 5) is 12.2. The smallest absolute Gasteiger partial charge is 0.255 e. The van der Waals surface area contributed by atoms with Gasteiger partial charge in [-0.05, 0) is 42.3 Å². The van der Waals surface area contributed by atoms with E-state index in [-0.39, 0.29) is 22.8 Å². The lowest BCUT2D eigenvalue weighted by molar-refractivity contribution is 0.102. The van der Waals surface area contributed by atoms with E-state index in [0.29, 0.717) is 6.42 Å². The van der Waals surface area contributed by atoms with Gasteiger partial charge in [0.15, 0.2) is 0 Å². The standard InChI is InChI=1S/C22H20F2N2O4S/c1-30-19-11-10-16(22(27)26-21-17(23)8-5-9-18(21)24)14-20(19)31(28,29)25-13-12-15-6-3-2-4-7-15/h2-11,14,25H,12-13H2,1H3,(H,26,27). The Morgan fingerprint density at radius 1 is 0.968 bits per heavy atom. The minimum absolute atomic E-state index is 0.0285. The number of hydrogen-bond donors (Lipinski definition) is 2. The monoisotopic (exact) mass is 446 g/mol. The van der Waals surface area contributed by atoms with Crippen LogP contribution in [0.2, 0.25) is 0 Å². The van der Waals surface area contributed by atoms with Crippen molar-refractivity contribution < 1.29 is 26.7 Å². The van der Waals surface area contributed by atoms with Crippen LogP contribution in [0.3, 0.4) is 0 Å². The van der Waals surface area contributed by atoms with Gasteiger partial charge in [-0.25, -0.2) is 21.9 Å². The van der Waals surface area contributed by atoms with Crippen molar-refractivity contribution in [2.24, 2.45) is 0 Å². The second-order valence-electron chi connectivity index (χ2n) is 6.55. The lowest BCUT2D eigenvalue weighted by Gasteiger charge is -2.13. The molecule has 0 saturated carbocycles. The Morgan fingerprint density at radius 3 is 2.29 bits per heavy atom. The molecule has 0 saturated heterocycles. The van der Waals surface area contributed by atoms with Crippen molar-refractivity contribution >= 4 is 21.6 Å². The first-order valence-corrected chi connectivity index (χ1v) is 10.8. The first kappa shape index (κ1) is 22.4. The number of carbonyl (C=O) groups excluding carboxylic acids is 1. The molecular formula is C22H20F2N2O4S. The Balaban J connectivity index is 1.81. The van der Waals surface area contributed by atoms with Gasteiger partial charge in [-0.1, -0.05) is 36.4 Å². The number of carbonyl (C=O) groups is 1. The molecule has 0 aliphatic carbocycles. The first-order chi connectivity index (χ1) is 14.8. The van der Waals surface area contributed by atoms with E-state index in [4.69, 9.17) is 4.74 Å². The third kappa shape index (κ3) is 5.44. The Bertz CT molecular complexity index is 1170. The molecule has 3 aromatic rings. The van der Waals surface area contributed by atoms with Crippen molar-refractivity contribution in [2.45, 2.75) is 11.3 Å². The highest BCUT2D eigenvalue weighted by Gasteiger charge is 2.22. The molecule has 3 rings (SSSR count). The second-order valence-corrected chi connectivity index (χ2v) is 8.29. The zero-order valence-electron chi connectivity index (χ0n) is 16.6. The highest BCUT2D eigenvalue weighted by molar-refractivity contribution is 7.89. The van der Waals surface area contributed by atoms with E-state index >= 15 is 0 Å². The molecule has 9 heteroatoms. The zero-order chi connectivity index (χ0) is 22.4. The molecule has 0 aliphatic rings. The highest BCUT2D eigenvalue weighted by atomic mass is 32.2. The summed E-state index contributed by atoms with van der Waals surface area (Å²) >= 11 is 0. The molecule has 0 aliphatic heterocycles. The molecule has 0 bridgehead atoms. The number of ether oxygens (including phenoxy) is 1. The van der Waals surface area contributed by atoms with Crippen molar-refractivity contribution in [3.63, 3.8) is 0 Å². The van der Waals surface area contributed by atoms with Crippen LogP contribution in [0.1, 0.15) is 15.9 Å². The molecule has 0 spiro atoms. The summed E-state index contributed by atoms with van der Waals surface area (Å²) in [7, 11) is -2.72. The van der Waals surface area contributed by atoms with Crippen LogP contribution < -0.4 is 14.8 Å². The molecule has 0 heterocycles. The third-order valence-electron chi connectivity index (χ3n) is 4.47. The number of para-hydroxylation sites is 1. The second kappa shape index (κ2) is 9.67. The fourth-order valence-electron chi connectivity index (χ4n) is 2.88. The zero-order valence-corrected chi connectivity index (χ0v) is 17.4. The molecular weight excluding hydrogens is 426 g/mol. The molecule has 6 nitrogen and oxygen atoms in total. The van der Waals surface area contributed by atoms with Crippen molar-refractivity contribution in [1.82, 2.24) is 4.72 Å². The van der Waals surface area contributed by atoms with Gasteiger partial charge in [-0.3, -0.25) is 4.79 Å². The van der Waals surface area contributed by atoms with Crippen LogP contribution in [0.5, 0.6) is 5.75 Å². The van der Waals surface area contributed by atoms with E-state index in [1.807, 2.05) is 30.3 Å². The highest BCUT2D eigenvalue weighted by Crippen LogP contribution is 2.26. The van der Waals surface area contributed by atoms with E-state index in [1.54, 1.807) is 0 Å². The van der Waals surface area contributed by atoms with E-state index in [2.05, 4.69) is 10.0 Å². The van der Waals surface area contributed by atoms with Crippen molar-refractivity contribution in [2.75, 3.05) is 19.0 Å². The minimum atomic E-state index is -4.02. The number of rotatable bonds is 8. The van der Waals surface area contributed by atoms with Crippen LogP contribution in [-0.2, 0) is 16.4 Å². The quantitative estimate of drug-likeness (QED) is 0.552. The summed E-state index contributed by atoms with van der Waals surface area (Å²) in [5, 5.41) is 2.13. The van der Waals surface area contributed by atoms with Crippen LogP contribution in [0.25, 0.3) is 0 Å². The fraction of sp³-hybridized carbons (Fsp3) is 0.136. The summed E-state index contributed by atoms with van der Waals surface area (Å²) < 4.78 is 60.8. The van der Waals surface area contributed by atoms with Crippen LogP contribution in [0.4, 0.5) is 14.5 Å². The molecule has 0 unspecified atom stereocenters. The Labute approximate surface area is 178 Å². The van der Waals surface area contributed by atoms with Gasteiger partial charge < -0.3 is 10.1 Å². The molecule has 0 atom stereocenters. The number of anilines is 1. The number of hydrogen-bond acceptors (Lipinski definition) is 4. The van der Waals surface area contributed by atoms with Crippen LogP contribution in [0.15, 0.2) is 71.6 Å². The van der Waals surface area contributed by atoms with Gasteiger partial charge in [0, 0.05) is 12.1 Å². The Kier molecular flexibility index (Phi) is 6.98. The lowest BCUT2D eigenvalue weighted by Crippen LogP contribution is -2.27. The van der Waals surface area contributed by atoms with Gasteiger partial charge in [0.2, 0.25) is 10.0 Å². The first-order valence-electron chi connectivity index (χ1n) is 9.29. The number of benzene rings is 3. The summed E-state index contributed by atoms with van der Waals surface area (Å²) in [6.07, 6.45) is 0.467. The fourth-order valence-corrected chi connectivity index (χ4v) is 4.11. The average Bonchev–Trinajstić information content (AvgIpc) is 2.76. The number of halogens is 2. The maximum atomic E-state index is 13.8. The van der Waals surface area contributed by atoms with Gasteiger partial charge >= 0.3 is 0 Å². The lowest BCUT2D eigenvalue weighted by atomic mass is 10.2. The van der Waals surface area contributed by atoms with Crippen molar-refractivity contribution in [3.8, 4) is 5.75 Å². The van der Waals surface area contributed by atoms with Crippen molar-refractivity contribution in [1.29, 1.82) is 0 Å². The maximum absolute atomic E-state index is 13.8. The largest absolute Gasteiger partial charge is 0.495 e. The molecule has 2 N–H and O–H groups in total. The molecule has 31 heavy (non-hydrogen) atoms. The van der Waals surface area contributed by atoms with E-state index in [1.165, 1.54) is 25.3 Å². The summed E-state index contributed by atoms with van der Waals surface area (Å²) in [6, 6.07) is 16.2. The molecule has 0 radical (unpaired) electrons. The maximum Gasteiger partial charge on any atom is 0.255 e. The average molecular weight is 446 g/mol. The molecule has 1 amide bonds. The summed E-state index contributed by atoms with van der Waals surface area (Å²) in [6.45, 7) is 0.131. The van der Waals surface area contributed by atoms with Gasteiger partial charge in [0.05, 0.1) is 7.11 Å². The van der Waals surface area contributed by atoms with Gasteiger partial charge in [-0.15, -0.1) is 0 Å². The number of amides is 1. The topological polar surface area (TPSA) is 84.5 Å². The Hall–Kier alpha value is -3.30. The molecule has 0 aromatic heterocycles. The van der Waals surface area contributed by atoms with Gasteiger partial charge in [0.25, 0.3) is 5.91 Å². The van der Waals surface area contributed by atoms with Crippen LogP contribution in [-0.4, -0.2) is 28.0 Å². The molecule has 162 valence electrons. The number of sulfonamides is 1. The van der Waals surface area contributed by atoms with E-state index in [0.717, 1.165) is 23.8 Å². The predicted octanol–water partition coefficient (Wildman–Crippen LogP) is 3.75. The summed E-state index contributed by atoms with van der Waals surface area (Å²) in [5.41, 5.74) is 0.234. The SMILES string of the molecule is COc1ccc(C(=O)Nc2c(F)cccc2F)cc1S(=O)(=O)NCCc1ccccc1. The van der Waals surface area contributed by atoms with E-state index in [9.17, 15) is 22.0 Å². The van der Waals surface area contributed by atoms with Crippen molar-refractivity contribution in [3.05, 3.63) is 89.5 Å². The normalized spacial score (nSPS) is 11.2.